The fourth-order valence-electron chi connectivity index (χ4n) is 5.20. The van der Waals surface area contributed by atoms with Gasteiger partial charge in [-0.25, -0.2) is 0 Å². The van der Waals surface area contributed by atoms with Gasteiger partial charge in [0.15, 0.2) is 0 Å². The predicted octanol–water partition coefficient (Wildman–Crippen LogP) is 0.228. The molecule has 1 aromatic carbocycles. The van der Waals surface area contributed by atoms with Crippen LogP contribution in [0.4, 0.5) is 0 Å². The Labute approximate surface area is 157 Å². The molecule has 0 aromatic heterocycles. The van der Waals surface area contributed by atoms with Crippen molar-refractivity contribution >= 4 is 17.7 Å². The molecule has 3 heterocycles. The fraction of sp³-hybridized carbons (Fsp3) is 0.550. The summed E-state index contributed by atoms with van der Waals surface area (Å²) in [5, 5.41) is 2.36. The van der Waals surface area contributed by atoms with E-state index in [1.807, 2.05) is 18.2 Å². The molecular formula is C20H24N4O3. The van der Waals surface area contributed by atoms with Crippen LogP contribution in [0.1, 0.15) is 40.7 Å². The summed E-state index contributed by atoms with van der Waals surface area (Å²) in [6.45, 7) is 3.97. The van der Waals surface area contributed by atoms with Gasteiger partial charge < -0.3 is 10.6 Å². The minimum Gasteiger partial charge on any atom is -0.330 e. The Morgan fingerprint density at radius 2 is 2.11 bits per heavy atom. The molecule has 142 valence electrons. The standard InChI is InChI=1S/C20H24N4O3/c21-10-20-6-14(20)9-23(11-20)7-12-2-1-3-13-8-24(19(27)17(12)13)15-4-5-16(25)22-18(15)26/h1-3,14-15H,4-11,21H2,(H,22,25,26)/t14-,15?,20-/m0/s1. The van der Waals surface area contributed by atoms with E-state index in [0.29, 0.717) is 24.3 Å². The Balaban J connectivity index is 1.36. The Morgan fingerprint density at radius 1 is 1.26 bits per heavy atom. The van der Waals surface area contributed by atoms with E-state index in [1.54, 1.807) is 4.90 Å². The number of nitrogens with zero attached hydrogens (tertiary/aromatic N) is 2. The van der Waals surface area contributed by atoms with E-state index < -0.39 is 6.04 Å². The molecule has 1 aliphatic carbocycles. The first-order valence-electron chi connectivity index (χ1n) is 9.68. The number of likely N-dealkylation sites (tertiary alicyclic amines) is 1. The first-order valence-corrected chi connectivity index (χ1v) is 9.68. The molecule has 0 radical (unpaired) electrons. The van der Waals surface area contributed by atoms with E-state index in [4.69, 9.17) is 5.73 Å². The number of fused-ring (bicyclic) bond motifs is 2. The topological polar surface area (TPSA) is 95.7 Å². The van der Waals surface area contributed by atoms with E-state index in [0.717, 1.165) is 42.9 Å². The molecular weight excluding hydrogens is 344 g/mol. The van der Waals surface area contributed by atoms with E-state index in [2.05, 4.69) is 10.2 Å². The van der Waals surface area contributed by atoms with Gasteiger partial charge in [0.05, 0.1) is 0 Å². The lowest BCUT2D eigenvalue weighted by Crippen LogP contribution is -2.52. The summed E-state index contributed by atoms with van der Waals surface area (Å²) in [6.07, 6.45) is 1.90. The fourth-order valence-corrected chi connectivity index (χ4v) is 5.20. The normalized spacial score (nSPS) is 32.5. The number of imide groups is 1. The van der Waals surface area contributed by atoms with Crippen LogP contribution in [0.15, 0.2) is 18.2 Å². The number of carbonyl (C=O) groups is 3. The van der Waals surface area contributed by atoms with Crippen molar-refractivity contribution in [1.82, 2.24) is 15.1 Å². The van der Waals surface area contributed by atoms with Gasteiger partial charge in [-0.3, -0.25) is 24.6 Å². The second kappa shape index (κ2) is 5.87. The summed E-state index contributed by atoms with van der Waals surface area (Å²) in [4.78, 5) is 40.8. The zero-order chi connectivity index (χ0) is 18.8. The summed E-state index contributed by atoms with van der Waals surface area (Å²) in [6, 6.07) is 5.41. The predicted molar refractivity (Wildman–Crippen MR) is 97.4 cm³/mol. The Hall–Kier alpha value is -2.25. The van der Waals surface area contributed by atoms with Crippen LogP contribution in [-0.2, 0) is 22.7 Å². The average molecular weight is 368 g/mol. The second-order valence-corrected chi connectivity index (χ2v) is 8.49. The van der Waals surface area contributed by atoms with E-state index in [1.165, 1.54) is 6.42 Å². The quantitative estimate of drug-likeness (QED) is 0.742. The molecule has 1 saturated carbocycles. The van der Waals surface area contributed by atoms with Crippen LogP contribution in [0.2, 0.25) is 0 Å². The summed E-state index contributed by atoms with van der Waals surface area (Å²) >= 11 is 0. The lowest BCUT2D eigenvalue weighted by atomic mass is 10.0. The molecule has 2 saturated heterocycles. The number of nitrogens with two attached hydrogens (primary N) is 1. The number of hydrogen-bond donors (Lipinski definition) is 2. The van der Waals surface area contributed by atoms with Gasteiger partial charge in [-0.05, 0) is 41.8 Å². The van der Waals surface area contributed by atoms with Gasteiger partial charge in [0.1, 0.15) is 6.04 Å². The van der Waals surface area contributed by atoms with Gasteiger partial charge in [-0.2, -0.15) is 0 Å². The highest BCUT2D eigenvalue weighted by Crippen LogP contribution is 2.57. The van der Waals surface area contributed by atoms with Gasteiger partial charge in [0, 0.05) is 38.2 Å². The number of nitrogens with one attached hydrogen (secondary N) is 1. The summed E-state index contributed by atoms with van der Waals surface area (Å²) in [5.74, 6) is -0.0102. The third-order valence-corrected chi connectivity index (χ3v) is 6.82. The van der Waals surface area contributed by atoms with Crippen LogP contribution in [-0.4, -0.2) is 53.2 Å². The minimum atomic E-state index is -0.560. The van der Waals surface area contributed by atoms with Gasteiger partial charge in [0.2, 0.25) is 11.8 Å². The van der Waals surface area contributed by atoms with Crippen LogP contribution in [0.5, 0.6) is 0 Å². The Kier molecular flexibility index (Phi) is 3.67. The van der Waals surface area contributed by atoms with Crippen molar-refractivity contribution in [2.45, 2.75) is 38.4 Å². The molecule has 3 fully saturated rings. The van der Waals surface area contributed by atoms with Gasteiger partial charge in [-0.1, -0.05) is 18.2 Å². The molecule has 7 heteroatoms. The number of benzene rings is 1. The maximum atomic E-state index is 13.1. The summed E-state index contributed by atoms with van der Waals surface area (Å²) in [7, 11) is 0. The average Bonchev–Trinajstić information content (AvgIpc) is 3.03. The van der Waals surface area contributed by atoms with Gasteiger partial charge >= 0.3 is 0 Å². The SMILES string of the molecule is NC[C@]12C[C@H]1CN(Cc1cccc3c1C(=O)N(C1CCC(=O)NC1=O)C3)C2. The number of amides is 3. The van der Waals surface area contributed by atoms with Crippen LogP contribution in [0.25, 0.3) is 0 Å². The Bertz CT molecular complexity index is 850. The van der Waals surface area contributed by atoms with Crippen LogP contribution < -0.4 is 11.1 Å². The molecule has 4 aliphatic rings. The zero-order valence-electron chi connectivity index (χ0n) is 15.2. The molecule has 3 N–H and O–H groups in total. The van der Waals surface area contributed by atoms with Crippen molar-refractivity contribution in [3.63, 3.8) is 0 Å². The van der Waals surface area contributed by atoms with Crippen molar-refractivity contribution in [3.05, 3.63) is 34.9 Å². The maximum Gasteiger partial charge on any atom is 0.255 e. The highest BCUT2D eigenvalue weighted by molar-refractivity contribution is 6.05. The largest absolute Gasteiger partial charge is 0.330 e. The van der Waals surface area contributed by atoms with Crippen LogP contribution in [0, 0.1) is 11.3 Å². The highest BCUT2D eigenvalue weighted by atomic mass is 16.2. The van der Waals surface area contributed by atoms with E-state index >= 15 is 0 Å². The summed E-state index contributed by atoms with van der Waals surface area (Å²) in [5.41, 5.74) is 9.00. The number of hydrogen-bond acceptors (Lipinski definition) is 5. The monoisotopic (exact) mass is 368 g/mol. The lowest BCUT2D eigenvalue weighted by Gasteiger charge is -2.29. The lowest BCUT2D eigenvalue weighted by molar-refractivity contribution is -0.136. The van der Waals surface area contributed by atoms with Crippen molar-refractivity contribution in [3.8, 4) is 0 Å². The molecule has 3 aliphatic heterocycles. The maximum absolute atomic E-state index is 13.1. The van der Waals surface area contributed by atoms with Crippen LogP contribution >= 0.6 is 0 Å². The molecule has 7 nitrogen and oxygen atoms in total. The molecule has 0 bridgehead atoms. The van der Waals surface area contributed by atoms with E-state index in [-0.39, 0.29) is 24.1 Å². The van der Waals surface area contributed by atoms with Crippen LogP contribution in [0.3, 0.4) is 0 Å². The Morgan fingerprint density at radius 3 is 2.85 bits per heavy atom. The molecule has 0 spiro atoms. The van der Waals surface area contributed by atoms with Crippen molar-refractivity contribution < 1.29 is 14.4 Å². The molecule has 3 atom stereocenters. The first kappa shape index (κ1) is 16.9. The summed E-state index contributed by atoms with van der Waals surface area (Å²) < 4.78 is 0. The molecule has 1 unspecified atom stereocenters. The molecule has 27 heavy (non-hydrogen) atoms. The third kappa shape index (κ3) is 2.60. The van der Waals surface area contributed by atoms with Crippen molar-refractivity contribution in [1.29, 1.82) is 0 Å². The zero-order valence-corrected chi connectivity index (χ0v) is 15.2. The molecule has 5 rings (SSSR count). The van der Waals surface area contributed by atoms with Crippen molar-refractivity contribution in [2.75, 3.05) is 19.6 Å². The first-order chi connectivity index (χ1) is 13.0. The number of carbonyl (C=O) groups excluding carboxylic acids is 3. The van der Waals surface area contributed by atoms with Gasteiger partial charge in [-0.15, -0.1) is 0 Å². The van der Waals surface area contributed by atoms with Crippen molar-refractivity contribution in [2.24, 2.45) is 17.1 Å². The smallest absolute Gasteiger partial charge is 0.255 e. The molecule has 1 aromatic rings. The number of rotatable bonds is 4. The second-order valence-electron chi connectivity index (χ2n) is 8.49. The van der Waals surface area contributed by atoms with E-state index in [9.17, 15) is 14.4 Å². The third-order valence-electron chi connectivity index (χ3n) is 6.82. The highest BCUT2D eigenvalue weighted by Gasteiger charge is 2.58. The van der Waals surface area contributed by atoms with Gasteiger partial charge in [0.25, 0.3) is 5.91 Å². The molecule has 3 amide bonds. The minimum absolute atomic E-state index is 0.0898. The number of piperidine rings is 2.